The molecule has 0 saturated carbocycles. The van der Waals surface area contributed by atoms with Crippen LogP contribution in [0.4, 0.5) is 0 Å². The molecule has 1 rings (SSSR count). The third-order valence-corrected chi connectivity index (χ3v) is 2.34. The van der Waals surface area contributed by atoms with Gasteiger partial charge in [-0.05, 0) is 38.0 Å². The third-order valence-electron chi connectivity index (χ3n) is 2.34. The van der Waals surface area contributed by atoms with Gasteiger partial charge in [-0.2, -0.15) is 0 Å². The van der Waals surface area contributed by atoms with E-state index >= 15 is 0 Å². The van der Waals surface area contributed by atoms with E-state index in [4.69, 9.17) is 14.2 Å². The molecule has 0 spiro atoms. The maximum atomic E-state index is 5.66. The molecule has 0 saturated heterocycles. The predicted molar refractivity (Wildman–Crippen MR) is 73.4 cm³/mol. The molecule has 2 atom stereocenters. The Morgan fingerprint density at radius 3 is 2.72 bits per heavy atom. The lowest BCUT2D eigenvalue weighted by Gasteiger charge is -2.20. The van der Waals surface area contributed by atoms with Gasteiger partial charge in [0.15, 0.2) is 12.6 Å². The zero-order valence-corrected chi connectivity index (χ0v) is 11.4. The van der Waals surface area contributed by atoms with Crippen molar-refractivity contribution in [1.29, 1.82) is 0 Å². The summed E-state index contributed by atoms with van der Waals surface area (Å²) < 4.78 is 16.6. The van der Waals surface area contributed by atoms with Crippen molar-refractivity contribution in [3.8, 4) is 5.75 Å². The number of rotatable bonds is 8. The maximum absolute atomic E-state index is 5.66. The topological polar surface area (TPSA) is 27.7 Å². The normalized spacial score (nSPS) is 13.9. The molecular formula is C15H22O3. The van der Waals surface area contributed by atoms with Crippen molar-refractivity contribution in [3.63, 3.8) is 0 Å². The molecule has 3 heteroatoms. The number of hydrogen-bond donors (Lipinski definition) is 0. The summed E-state index contributed by atoms with van der Waals surface area (Å²) in [6, 6.07) is 7.71. The van der Waals surface area contributed by atoms with E-state index in [2.05, 4.69) is 13.5 Å². The van der Waals surface area contributed by atoms with E-state index in [0.717, 1.165) is 17.7 Å². The Morgan fingerprint density at radius 2 is 2.06 bits per heavy atom. The van der Waals surface area contributed by atoms with Crippen LogP contribution in [0.3, 0.4) is 0 Å². The number of benzene rings is 1. The summed E-state index contributed by atoms with van der Waals surface area (Å²) in [6.07, 6.45) is 2.15. The van der Waals surface area contributed by atoms with Gasteiger partial charge in [0.2, 0.25) is 0 Å². The molecule has 0 radical (unpaired) electrons. The first-order valence-electron chi connectivity index (χ1n) is 6.32. The molecule has 0 aromatic heterocycles. The van der Waals surface area contributed by atoms with Gasteiger partial charge in [-0.1, -0.05) is 31.7 Å². The van der Waals surface area contributed by atoms with Crippen molar-refractivity contribution >= 4 is 6.08 Å². The number of ether oxygens (including phenoxy) is 3. The molecule has 0 aliphatic heterocycles. The predicted octanol–water partition coefficient (Wildman–Crippen LogP) is 3.84. The van der Waals surface area contributed by atoms with Crippen molar-refractivity contribution in [2.75, 3.05) is 6.61 Å². The SMILES string of the molecule is C=Cc1cccc(OC(C)OC(C)OCCC)c1. The fourth-order valence-corrected chi connectivity index (χ4v) is 1.53. The third kappa shape index (κ3) is 5.34. The molecule has 0 aliphatic carbocycles. The van der Waals surface area contributed by atoms with Gasteiger partial charge < -0.3 is 14.2 Å². The Morgan fingerprint density at radius 1 is 1.28 bits per heavy atom. The standard InChI is InChI=1S/C15H22O3/c1-5-10-16-12(3)17-13(4)18-15-9-7-8-14(6-2)11-15/h6-9,11-13H,2,5,10H2,1,3-4H3. The first kappa shape index (κ1) is 14.7. The molecule has 3 nitrogen and oxygen atoms in total. The zero-order chi connectivity index (χ0) is 13.4. The minimum atomic E-state index is -0.350. The molecule has 2 unspecified atom stereocenters. The summed E-state index contributed by atoms with van der Waals surface area (Å²) in [5.74, 6) is 0.766. The average Bonchev–Trinajstić information content (AvgIpc) is 2.36. The van der Waals surface area contributed by atoms with E-state index in [-0.39, 0.29) is 12.6 Å². The lowest BCUT2D eigenvalue weighted by atomic mass is 10.2. The van der Waals surface area contributed by atoms with Crippen LogP contribution in [0, 0.1) is 0 Å². The monoisotopic (exact) mass is 250 g/mol. The van der Waals surface area contributed by atoms with E-state index in [1.54, 1.807) is 6.08 Å². The van der Waals surface area contributed by atoms with E-state index in [0.29, 0.717) is 6.61 Å². The fourth-order valence-electron chi connectivity index (χ4n) is 1.53. The van der Waals surface area contributed by atoms with Crippen molar-refractivity contribution in [3.05, 3.63) is 36.4 Å². The Balaban J connectivity index is 2.43. The van der Waals surface area contributed by atoms with Gasteiger partial charge >= 0.3 is 0 Å². The highest BCUT2D eigenvalue weighted by molar-refractivity contribution is 5.49. The molecule has 100 valence electrons. The van der Waals surface area contributed by atoms with Crippen molar-refractivity contribution in [1.82, 2.24) is 0 Å². The van der Waals surface area contributed by atoms with Gasteiger partial charge in [-0.15, -0.1) is 0 Å². The molecule has 0 bridgehead atoms. The van der Waals surface area contributed by atoms with Gasteiger partial charge in [-0.25, -0.2) is 0 Å². The van der Waals surface area contributed by atoms with Crippen LogP contribution in [0.5, 0.6) is 5.75 Å². The summed E-state index contributed by atoms with van der Waals surface area (Å²) >= 11 is 0. The molecule has 0 heterocycles. The lowest BCUT2D eigenvalue weighted by Crippen LogP contribution is -2.24. The quantitative estimate of drug-likeness (QED) is 0.656. The maximum Gasteiger partial charge on any atom is 0.199 e. The highest BCUT2D eigenvalue weighted by atomic mass is 16.8. The van der Waals surface area contributed by atoms with Gasteiger partial charge in [0.1, 0.15) is 5.75 Å². The van der Waals surface area contributed by atoms with E-state index < -0.39 is 0 Å². The molecule has 18 heavy (non-hydrogen) atoms. The Labute approximate surface area is 109 Å². The van der Waals surface area contributed by atoms with Crippen LogP contribution in [-0.4, -0.2) is 19.2 Å². The fraction of sp³-hybridized carbons (Fsp3) is 0.467. The largest absolute Gasteiger partial charge is 0.465 e. The molecule has 1 aromatic carbocycles. The van der Waals surface area contributed by atoms with Crippen molar-refractivity contribution < 1.29 is 14.2 Å². The van der Waals surface area contributed by atoms with Crippen LogP contribution < -0.4 is 4.74 Å². The summed E-state index contributed by atoms with van der Waals surface area (Å²) in [4.78, 5) is 0. The Kier molecular flexibility index (Phi) is 6.47. The van der Waals surface area contributed by atoms with Gasteiger partial charge in [-0.3, -0.25) is 0 Å². The summed E-state index contributed by atoms with van der Waals surface area (Å²) in [6.45, 7) is 10.2. The summed E-state index contributed by atoms with van der Waals surface area (Å²) in [5.41, 5.74) is 1.02. The second kappa shape index (κ2) is 7.90. The molecule has 0 N–H and O–H groups in total. The van der Waals surface area contributed by atoms with Gasteiger partial charge in [0.25, 0.3) is 0 Å². The first-order valence-corrected chi connectivity index (χ1v) is 6.32. The Bertz CT molecular complexity index is 363. The first-order chi connectivity index (χ1) is 8.65. The van der Waals surface area contributed by atoms with Crippen LogP contribution >= 0.6 is 0 Å². The molecule has 0 amide bonds. The number of hydrogen-bond acceptors (Lipinski definition) is 3. The smallest absolute Gasteiger partial charge is 0.199 e. The zero-order valence-electron chi connectivity index (χ0n) is 11.4. The summed E-state index contributed by atoms with van der Waals surface area (Å²) in [7, 11) is 0. The molecule has 0 aliphatic rings. The van der Waals surface area contributed by atoms with Gasteiger partial charge in [0.05, 0.1) is 0 Å². The second-order valence-electron chi connectivity index (χ2n) is 4.04. The van der Waals surface area contributed by atoms with Crippen LogP contribution in [0.25, 0.3) is 6.08 Å². The van der Waals surface area contributed by atoms with E-state index in [9.17, 15) is 0 Å². The van der Waals surface area contributed by atoms with Crippen molar-refractivity contribution in [2.45, 2.75) is 39.8 Å². The van der Waals surface area contributed by atoms with Crippen LogP contribution in [0.1, 0.15) is 32.8 Å². The van der Waals surface area contributed by atoms with E-state index in [1.807, 2.05) is 38.1 Å². The van der Waals surface area contributed by atoms with Crippen LogP contribution in [0.2, 0.25) is 0 Å². The van der Waals surface area contributed by atoms with E-state index in [1.165, 1.54) is 0 Å². The molecule has 0 fully saturated rings. The summed E-state index contributed by atoms with van der Waals surface area (Å²) in [5, 5.41) is 0. The average molecular weight is 250 g/mol. The lowest BCUT2D eigenvalue weighted by molar-refractivity contribution is -0.203. The van der Waals surface area contributed by atoms with Crippen LogP contribution in [0.15, 0.2) is 30.8 Å². The highest BCUT2D eigenvalue weighted by Crippen LogP contribution is 2.16. The minimum Gasteiger partial charge on any atom is -0.465 e. The minimum absolute atomic E-state index is 0.262. The molecule has 1 aromatic rings. The second-order valence-corrected chi connectivity index (χ2v) is 4.04. The highest BCUT2D eigenvalue weighted by Gasteiger charge is 2.09. The Hall–Kier alpha value is -1.32. The van der Waals surface area contributed by atoms with Crippen LogP contribution in [-0.2, 0) is 9.47 Å². The van der Waals surface area contributed by atoms with Crippen molar-refractivity contribution in [2.24, 2.45) is 0 Å². The molecular weight excluding hydrogens is 228 g/mol. The van der Waals surface area contributed by atoms with Gasteiger partial charge in [0, 0.05) is 6.61 Å².